The molecule has 0 amide bonds. The van der Waals surface area contributed by atoms with Crippen LogP contribution in [-0.2, 0) is 6.42 Å². The van der Waals surface area contributed by atoms with Gasteiger partial charge in [-0.3, -0.25) is 5.41 Å². The van der Waals surface area contributed by atoms with Gasteiger partial charge in [-0.2, -0.15) is 0 Å². The molecule has 0 saturated carbocycles. The van der Waals surface area contributed by atoms with Crippen molar-refractivity contribution in [2.75, 3.05) is 0 Å². The zero-order valence-electron chi connectivity index (χ0n) is 5.23. The largest absolute Gasteiger partial charge is 0.449 e. The van der Waals surface area contributed by atoms with Crippen LogP contribution in [0.5, 0.6) is 0 Å². The van der Waals surface area contributed by atoms with Crippen LogP contribution < -0.4 is 5.73 Å². The SMILES string of the molecule is N=C(N)Cc1ccc(Cl)o1. The summed E-state index contributed by atoms with van der Waals surface area (Å²) in [4.78, 5) is 0. The van der Waals surface area contributed by atoms with E-state index in [1.54, 1.807) is 12.1 Å². The number of furan rings is 1. The molecule has 0 radical (unpaired) electrons. The van der Waals surface area contributed by atoms with Gasteiger partial charge in [-0.25, -0.2) is 0 Å². The minimum Gasteiger partial charge on any atom is -0.449 e. The monoisotopic (exact) mass is 158 g/mol. The van der Waals surface area contributed by atoms with E-state index in [1.807, 2.05) is 0 Å². The van der Waals surface area contributed by atoms with Gasteiger partial charge < -0.3 is 10.2 Å². The Labute approximate surface area is 63.3 Å². The summed E-state index contributed by atoms with van der Waals surface area (Å²) < 4.78 is 4.94. The average molecular weight is 159 g/mol. The number of hydrogen-bond donors (Lipinski definition) is 2. The van der Waals surface area contributed by atoms with Crippen LogP contribution in [0, 0.1) is 5.41 Å². The van der Waals surface area contributed by atoms with E-state index in [2.05, 4.69) is 0 Å². The molecule has 0 bridgehead atoms. The third kappa shape index (κ3) is 1.77. The number of amidine groups is 1. The summed E-state index contributed by atoms with van der Waals surface area (Å²) in [6.45, 7) is 0. The van der Waals surface area contributed by atoms with E-state index in [0.29, 0.717) is 17.4 Å². The van der Waals surface area contributed by atoms with Crippen molar-refractivity contribution in [3.63, 3.8) is 0 Å². The van der Waals surface area contributed by atoms with Gasteiger partial charge in [-0.1, -0.05) is 0 Å². The van der Waals surface area contributed by atoms with Gasteiger partial charge in [0.15, 0.2) is 5.22 Å². The van der Waals surface area contributed by atoms with Gasteiger partial charge in [0.2, 0.25) is 0 Å². The summed E-state index contributed by atoms with van der Waals surface area (Å²) >= 11 is 5.47. The predicted molar refractivity (Wildman–Crippen MR) is 39.3 cm³/mol. The lowest BCUT2D eigenvalue weighted by Gasteiger charge is -1.90. The predicted octanol–water partition coefficient (Wildman–Crippen LogP) is 1.41. The normalized spacial score (nSPS) is 9.70. The van der Waals surface area contributed by atoms with E-state index in [1.165, 1.54) is 0 Å². The molecule has 1 aromatic heterocycles. The molecular formula is C6H7ClN2O. The van der Waals surface area contributed by atoms with Crippen molar-refractivity contribution >= 4 is 17.4 Å². The van der Waals surface area contributed by atoms with E-state index in [-0.39, 0.29) is 5.84 Å². The fourth-order valence-corrected chi connectivity index (χ4v) is 0.797. The fraction of sp³-hybridized carbons (Fsp3) is 0.167. The highest BCUT2D eigenvalue weighted by atomic mass is 35.5. The maximum absolute atomic E-state index is 6.92. The molecule has 0 aliphatic rings. The Morgan fingerprint density at radius 3 is 2.80 bits per heavy atom. The molecule has 0 aromatic carbocycles. The highest BCUT2D eigenvalue weighted by Gasteiger charge is 1.99. The van der Waals surface area contributed by atoms with Crippen molar-refractivity contribution in [2.24, 2.45) is 5.73 Å². The number of rotatable bonds is 2. The molecule has 1 aromatic rings. The first kappa shape index (κ1) is 7.15. The van der Waals surface area contributed by atoms with Crippen LogP contribution in [0.3, 0.4) is 0 Å². The third-order valence-corrected chi connectivity index (χ3v) is 1.20. The number of hydrogen-bond acceptors (Lipinski definition) is 2. The van der Waals surface area contributed by atoms with Crippen molar-refractivity contribution < 1.29 is 4.42 Å². The Bertz CT molecular complexity index is 244. The minimum absolute atomic E-state index is 0.0750. The number of nitrogens with two attached hydrogens (primary N) is 1. The van der Waals surface area contributed by atoms with Gasteiger partial charge in [0.1, 0.15) is 5.76 Å². The van der Waals surface area contributed by atoms with Gasteiger partial charge in [0, 0.05) is 0 Å². The highest BCUT2D eigenvalue weighted by molar-refractivity contribution is 6.28. The Kier molecular flexibility index (Phi) is 1.97. The van der Waals surface area contributed by atoms with Gasteiger partial charge in [-0.15, -0.1) is 0 Å². The maximum Gasteiger partial charge on any atom is 0.193 e. The van der Waals surface area contributed by atoms with E-state index in [0.717, 1.165) is 0 Å². The third-order valence-electron chi connectivity index (χ3n) is 0.994. The van der Waals surface area contributed by atoms with Crippen molar-refractivity contribution in [2.45, 2.75) is 6.42 Å². The Balaban J connectivity index is 2.67. The molecule has 0 fully saturated rings. The van der Waals surface area contributed by atoms with Crippen LogP contribution in [0.1, 0.15) is 5.76 Å². The Morgan fingerprint density at radius 2 is 2.40 bits per heavy atom. The molecule has 3 nitrogen and oxygen atoms in total. The van der Waals surface area contributed by atoms with Gasteiger partial charge >= 0.3 is 0 Å². The molecule has 0 atom stereocenters. The topological polar surface area (TPSA) is 63.0 Å². The molecule has 0 spiro atoms. The molecule has 3 N–H and O–H groups in total. The second-order valence-corrected chi connectivity index (χ2v) is 2.28. The van der Waals surface area contributed by atoms with Crippen molar-refractivity contribution in [1.82, 2.24) is 0 Å². The molecule has 0 aliphatic heterocycles. The zero-order valence-corrected chi connectivity index (χ0v) is 5.98. The number of nitrogens with one attached hydrogen (secondary N) is 1. The van der Waals surface area contributed by atoms with E-state index in [4.69, 9.17) is 27.2 Å². The Hall–Kier alpha value is -0.960. The van der Waals surface area contributed by atoms with Crippen LogP contribution in [0.25, 0.3) is 0 Å². The average Bonchev–Trinajstić information content (AvgIpc) is 2.13. The minimum atomic E-state index is 0.0750. The first-order valence-corrected chi connectivity index (χ1v) is 3.13. The molecule has 1 heterocycles. The standard InChI is InChI=1S/C6H7ClN2O/c7-5-2-1-4(10-5)3-6(8)9/h1-2H,3H2,(H3,8,9). The fourth-order valence-electron chi connectivity index (χ4n) is 0.634. The first-order valence-electron chi connectivity index (χ1n) is 2.75. The molecule has 4 heteroatoms. The van der Waals surface area contributed by atoms with Crippen LogP contribution >= 0.6 is 11.6 Å². The lowest BCUT2D eigenvalue weighted by atomic mass is 10.3. The van der Waals surface area contributed by atoms with E-state index in [9.17, 15) is 0 Å². The second kappa shape index (κ2) is 2.75. The second-order valence-electron chi connectivity index (χ2n) is 1.91. The molecule has 0 unspecified atom stereocenters. The highest BCUT2D eigenvalue weighted by Crippen LogP contribution is 2.12. The quantitative estimate of drug-likeness (QED) is 0.505. The molecule has 54 valence electrons. The van der Waals surface area contributed by atoms with Gasteiger partial charge in [0.25, 0.3) is 0 Å². The smallest absolute Gasteiger partial charge is 0.193 e. The van der Waals surface area contributed by atoms with Crippen LogP contribution in [-0.4, -0.2) is 5.84 Å². The first-order chi connectivity index (χ1) is 4.68. The summed E-state index contributed by atoms with van der Waals surface area (Å²) in [6, 6.07) is 3.32. The lowest BCUT2D eigenvalue weighted by Crippen LogP contribution is -2.11. The van der Waals surface area contributed by atoms with Crippen molar-refractivity contribution in [1.29, 1.82) is 5.41 Å². The maximum atomic E-state index is 6.92. The number of halogens is 1. The molecule has 10 heavy (non-hydrogen) atoms. The van der Waals surface area contributed by atoms with Gasteiger partial charge in [0.05, 0.1) is 12.3 Å². The summed E-state index contributed by atoms with van der Waals surface area (Å²) in [5.74, 6) is 0.698. The van der Waals surface area contributed by atoms with Crippen LogP contribution in [0.4, 0.5) is 0 Å². The lowest BCUT2D eigenvalue weighted by molar-refractivity contribution is 0.528. The van der Waals surface area contributed by atoms with E-state index < -0.39 is 0 Å². The van der Waals surface area contributed by atoms with E-state index >= 15 is 0 Å². The van der Waals surface area contributed by atoms with Gasteiger partial charge in [-0.05, 0) is 23.7 Å². The molecule has 0 saturated heterocycles. The van der Waals surface area contributed by atoms with Crippen molar-refractivity contribution in [3.8, 4) is 0 Å². The molecule has 1 rings (SSSR count). The zero-order chi connectivity index (χ0) is 7.56. The van der Waals surface area contributed by atoms with Crippen LogP contribution in [0.15, 0.2) is 16.5 Å². The van der Waals surface area contributed by atoms with Crippen molar-refractivity contribution in [3.05, 3.63) is 23.1 Å². The molecule has 0 aliphatic carbocycles. The Morgan fingerprint density at radius 1 is 1.70 bits per heavy atom. The van der Waals surface area contributed by atoms with Crippen LogP contribution in [0.2, 0.25) is 5.22 Å². The summed E-state index contributed by atoms with van der Waals surface area (Å²) in [6.07, 6.45) is 0.326. The summed E-state index contributed by atoms with van der Waals surface area (Å²) in [5, 5.41) is 7.25. The summed E-state index contributed by atoms with van der Waals surface area (Å²) in [7, 11) is 0. The summed E-state index contributed by atoms with van der Waals surface area (Å²) in [5.41, 5.74) is 5.11. The molecular weight excluding hydrogens is 152 g/mol.